The largest absolute Gasteiger partial charge is 0.197 e. The molecule has 2 aliphatic rings. The van der Waals surface area contributed by atoms with Gasteiger partial charge in [0.25, 0.3) is 0 Å². The van der Waals surface area contributed by atoms with Crippen LogP contribution >= 0.6 is 0 Å². The normalized spacial score (nSPS) is 33.4. The molecule has 0 heterocycles. The smallest absolute Gasteiger partial charge is 0.0753 e. The molecule has 2 saturated carbocycles. The van der Waals surface area contributed by atoms with Crippen molar-refractivity contribution in [3.05, 3.63) is 12.2 Å². The van der Waals surface area contributed by atoms with Crippen LogP contribution < -0.4 is 0 Å². The van der Waals surface area contributed by atoms with E-state index in [1.165, 1.54) is 77.0 Å². The molecule has 1 nitrogen and oxygen atoms in total. The molecule has 0 amide bonds. The molecule has 0 saturated heterocycles. The molecule has 25 heavy (non-hydrogen) atoms. The maximum atomic E-state index is 9.63. The Balaban J connectivity index is 1.67. The highest BCUT2D eigenvalue weighted by Crippen LogP contribution is 2.46. The van der Waals surface area contributed by atoms with Gasteiger partial charge < -0.3 is 0 Å². The zero-order chi connectivity index (χ0) is 18.0. The molecule has 0 aromatic heterocycles. The zero-order valence-electron chi connectivity index (χ0n) is 16.9. The number of hydrogen-bond acceptors (Lipinski definition) is 1. The Kier molecular flexibility index (Phi) is 9.08. The third-order valence-corrected chi connectivity index (χ3v) is 7.09. The van der Waals surface area contributed by atoms with Crippen LogP contribution in [-0.2, 0) is 0 Å². The van der Waals surface area contributed by atoms with Gasteiger partial charge in [0.1, 0.15) is 0 Å². The lowest BCUT2D eigenvalue weighted by molar-refractivity contribution is 0.136. The summed E-state index contributed by atoms with van der Waals surface area (Å²) in [5, 5.41) is 9.63. The van der Waals surface area contributed by atoms with Crippen molar-refractivity contribution in [3.63, 3.8) is 0 Å². The molecule has 2 fully saturated rings. The van der Waals surface area contributed by atoms with Crippen molar-refractivity contribution in [2.75, 3.05) is 0 Å². The Bertz CT molecular complexity index is 414. The number of nitriles is 1. The third-order valence-electron chi connectivity index (χ3n) is 7.09. The monoisotopic (exact) mass is 343 g/mol. The molecule has 0 aliphatic heterocycles. The summed E-state index contributed by atoms with van der Waals surface area (Å²) in [7, 11) is 0. The summed E-state index contributed by atoms with van der Waals surface area (Å²) in [6.07, 6.45) is 24.8. The lowest BCUT2D eigenvalue weighted by atomic mass is 9.64. The fourth-order valence-corrected chi connectivity index (χ4v) is 5.27. The first-order valence-corrected chi connectivity index (χ1v) is 11.3. The molecular weight excluding hydrogens is 302 g/mol. The number of hydrogen-bond donors (Lipinski definition) is 0. The van der Waals surface area contributed by atoms with E-state index in [9.17, 15) is 5.26 Å². The van der Waals surface area contributed by atoms with Crippen molar-refractivity contribution < 1.29 is 0 Å². The van der Waals surface area contributed by atoms with Crippen LogP contribution in [0.25, 0.3) is 0 Å². The fraction of sp³-hybridized carbons (Fsp3) is 0.875. The summed E-state index contributed by atoms with van der Waals surface area (Å²) in [6.45, 7) is 4.46. The van der Waals surface area contributed by atoms with E-state index in [2.05, 4.69) is 32.1 Å². The van der Waals surface area contributed by atoms with Crippen molar-refractivity contribution in [2.24, 2.45) is 23.2 Å². The molecule has 0 unspecified atom stereocenters. The lowest BCUT2D eigenvalue weighted by Crippen LogP contribution is -2.30. The standard InChI is InChI=1S/C24H41N/c1-3-5-7-8-9-10-21-11-13-22(14-12-21)23-15-18-24(20-25,19-16-23)17-6-4-2/h6,17,21-23H,3-5,7-16,18-19H2,1-2H3/b17-6-. The molecule has 0 N–H and O–H groups in total. The molecule has 0 spiro atoms. The number of rotatable bonds is 9. The van der Waals surface area contributed by atoms with Gasteiger partial charge in [-0.2, -0.15) is 5.26 Å². The van der Waals surface area contributed by atoms with E-state index in [-0.39, 0.29) is 5.41 Å². The highest BCUT2D eigenvalue weighted by molar-refractivity contribution is 5.14. The van der Waals surface area contributed by atoms with Crippen LogP contribution in [0, 0.1) is 34.5 Å². The summed E-state index contributed by atoms with van der Waals surface area (Å²) in [4.78, 5) is 0. The van der Waals surface area contributed by atoms with Crippen LogP contribution in [0.2, 0.25) is 0 Å². The van der Waals surface area contributed by atoms with E-state index in [1.807, 2.05) is 0 Å². The van der Waals surface area contributed by atoms with Crippen LogP contribution in [-0.4, -0.2) is 0 Å². The Morgan fingerprint density at radius 3 is 2.12 bits per heavy atom. The number of nitrogens with zero attached hydrogens (tertiary/aromatic N) is 1. The van der Waals surface area contributed by atoms with Crippen LogP contribution in [0.1, 0.15) is 110 Å². The number of unbranched alkanes of at least 4 members (excludes halogenated alkanes) is 4. The maximum Gasteiger partial charge on any atom is 0.0753 e. The minimum absolute atomic E-state index is 0.137. The summed E-state index contributed by atoms with van der Waals surface area (Å²) in [6, 6.07) is 2.63. The van der Waals surface area contributed by atoms with E-state index in [0.717, 1.165) is 37.0 Å². The Labute approximate surface area is 157 Å². The topological polar surface area (TPSA) is 23.8 Å². The predicted molar refractivity (Wildman–Crippen MR) is 108 cm³/mol. The highest BCUT2D eigenvalue weighted by atomic mass is 14.4. The van der Waals surface area contributed by atoms with Gasteiger partial charge >= 0.3 is 0 Å². The molecule has 1 heteroatoms. The van der Waals surface area contributed by atoms with Gasteiger partial charge in [-0.3, -0.25) is 0 Å². The third kappa shape index (κ3) is 6.47. The zero-order valence-corrected chi connectivity index (χ0v) is 16.9. The summed E-state index contributed by atoms with van der Waals surface area (Å²) >= 11 is 0. The first kappa shape index (κ1) is 20.5. The van der Waals surface area contributed by atoms with Gasteiger partial charge in [0.15, 0.2) is 0 Å². The first-order chi connectivity index (χ1) is 12.2. The minimum Gasteiger partial charge on any atom is -0.197 e. The Hall–Kier alpha value is -0.770. The second-order valence-corrected chi connectivity index (χ2v) is 8.90. The summed E-state index contributed by atoms with van der Waals surface area (Å²) in [5.41, 5.74) is -0.137. The first-order valence-electron chi connectivity index (χ1n) is 11.3. The Morgan fingerprint density at radius 1 is 0.880 bits per heavy atom. The maximum absolute atomic E-state index is 9.63. The summed E-state index contributed by atoms with van der Waals surface area (Å²) < 4.78 is 0. The van der Waals surface area contributed by atoms with Crippen LogP contribution in [0.3, 0.4) is 0 Å². The van der Waals surface area contributed by atoms with Gasteiger partial charge in [-0.25, -0.2) is 0 Å². The Morgan fingerprint density at radius 2 is 1.52 bits per heavy atom. The average molecular weight is 344 g/mol. The average Bonchev–Trinajstić information content (AvgIpc) is 2.67. The summed E-state index contributed by atoms with van der Waals surface area (Å²) in [5.74, 6) is 2.89. The lowest BCUT2D eigenvalue weighted by Gasteiger charge is -2.39. The molecule has 0 radical (unpaired) electrons. The van der Waals surface area contributed by atoms with Gasteiger partial charge in [0.2, 0.25) is 0 Å². The van der Waals surface area contributed by atoms with Crippen molar-refractivity contribution in [1.82, 2.24) is 0 Å². The van der Waals surface area contributed by atoms with Crippen LogP contribution in [0.15, 0.2) is 12.2 Å². The van der Waals surface area contributed by atoms with Crippen molar-refractivity contribution >= 4 is 0 Å². The number of allylic oxidation sites excluding steroid dienone is 2. The minimum atomic E-state index is -0.137. The second kappa shape index (κ2) is 11.1. The molecule has 142 valence electrons. The molecule has 0 aromatic rings. The van der Waals surface area contributed by atoms with Gasteiger partial charge in [-0.15, -0.1) is 0 Å². The van der Waals surface area contributed by atoms with Gasteiger partial charge in [0.05, 0.1) is 11.5 Å². The van der Waals surface area contributed by atoms with Gasteiger partial charge in [-0.05, 0) is 62.7 Å². The quantitative estimate of drug-likeness (QED) is 0.309. The second-order valence-electron chi connectivity index (χ2n) is 8.90. The fourth-order valence-electron chi connectivity index (χ4n) is 5.27. The molecule has 0 bridgehead atoms. The van der Waals surface area contributed by atoms with E-state index in [4.69, 9.17) is 0 Å². The van der Waals surface area contributed by atoms with Crippen molar-refractivity contribution in [2.45, 2.75) is 110 Å². The van der Waals surface area contributed by atoms with Crippen molar-refractivity contribution in [3.8, 4) is 6.07 Å². The van der Waals surface area contributed by atoms with Gasteiger partial charge in [-0.1, -0.05) is 77.4 Å². The van der Waals surface area contributed by atoms with Crippen LogP contribution in [0.4, 0.5) is 0 Å². The predicted octanol–water partition coefficient (Wildman–Crippen LogP) is 7.82. The SMILES string of the molecule is CC/C=C\C1(C#N)CCC(C2CCC(CCCCCCC)CC2)CC1. The van der Waals surface area contributed by atoms with E-state index < -0.39 is 0 Å². The van der Waals surface area contributed by atoms with E-state index in [1.54, 1.807) is 0 Å². The van der Waals surface area contributed by atoms with Crippen LogP contribution in [0.5, 0.6) is 0 Å². The van der Waals surface area contributed by atoms with E-state index in [0.29, 0.717) is 0 Å². The molecule has 0 atom stereocenters. The molecule has 0 aromatic carbocycles. The van der Waals surface area contributed by atoms with Crippen molar-refractivity contribution in [1.29, 1.82) is 5.26 Å². The highest BCUT2D eigenvalue weighted by Gasteiger charge is 2.37. The molecule has 2 aliphatic carbocycles. The molecule has 2 rings (SSSR count). The van der Waals surface area contributed by atoms with E-state index >= 15 is 0 Å². The molecular formula is C24H41N. The van der Waals surface area contributed by atoms with Gasteiger partial charge in [0, 0.05) is 0 Å².